The minimum atomic E-state index is 0.0362. The fourth-order valence-electron chi connectivity index (χ4n) is 3.03. The van der Waals surface area contributed by atoms with Gasteiger partial charge in [0.2, 0.25) is 0 Å². The molecule has 136 valence electrons. The number of hydrogen-bond donors (Lipinski definition) is 0. The van der Waals surface area contributed by atoms with E-state index in [1.807, 2.05) is 61.5 Å². The number of aryl methyl sites for hydroxylation is 1. The van der Waals surface area contributed by atoms with Crippen molar-refractivity contribution in [2.45, 2.75) is 40.0 Å². The highest BCUT2D eigenvalue weighted by Crippen LogP contribution is 2.23. The summed E-state index contributed by atoms with van der Waals surface area (Å²) >= 11 is 0. The Morgan fingerprint density at radius 2 is 1.50 bits per heavy atom. The van der Waals surface area contributed by atoms with Crippen LogP contribution < -0.4 is 0 Å². The molecule has 26 heavy (non-hydrogen) atoms. The molecule has 0 aliphatic carbocycles. The van der Waals surface area contributed by atoms with Gasteiger partial charge in [-0.05, 0) is 44.6 Å². The van der Waals surface area contributed by atoms with Crippen LogP contribution in [0.4, 0.5) is 0 Å². The highest BCUT2D eigenvalue weighted by molar-refractivity contribution is 6.08. The zero-order valence-electron chi connectivity index (χ0n) is 16.0. The summed E-state index contributed by atoms with van der Waals surface area (Å²) in [6, 6.07) is 17.1. The van der Waals surface area contributed by atoms with Gasteiger partial charge in [-0.15, -0.1) is 0 Å². The zero-order chi connectivity index (χ0) is 19.1. The molecule has 2 atom stereocenters. The number of ketones is 2. The summed E-state index contributed by atoms with van der Waals surface area (Å²) in [7, 11) is 0. The number of hydrogen-bond acceptors (Lipinski definition) is 2. The third-order valence-corrected chi connectivity index (χ3v) is 5.09. The van der Waals surface area contributed by atoms with E-state index in [0.29, 0.717) is 17.0 Å². The number of allylic oxidation sites excluding steroid dienone is 1. The van der Waals surface area contributed by atoms with Crippen molar-refractivity contribution < 1.29 is 9.59 Å². The minimum Gasteiger partial charge on any atom is -0.300 e. The Morgan fingerprint density at radius 1 is 0.923 bits per heavy atom. The Bertz CT molecular complexity index is 757. The molecule has 2 rings (SSSR count). The van der Waals surface area contributed by atoms with Crippen LogP contribution in [-0.4, -0.2) is 11.6 Å². The van der Waals surface area contributed by atoms with Gasteiger partial charge in [0, 0.05) is 17.0 Å². The van der Waals surface area contributed by atoms with Crippen molar-refractivity contribution in [2.75, 3.05) is 0 Å². The SMILES string of the molecule is C=C(C)C(C)CC(CCc1ccc(C(=O)c2ccccc2)cc1)C(C)=O. The van der Waals surface area contributed by atoms with Gasteiger partial charge in [-0.1, -0.05) is 73.7 Å². The van der Waals surface area contributed by atoms with Crippen molar-refractivity contribution in [1.29, 1.82) is 0 Å². The predicted molar refractivity (Wildman–Crippen MR) is 107 cm³/mol. The molecule has 2 nitrogen and oxygen atoms in total. The average Bonchev–Trinajstić information content (AvgIpc) is 2.65. The maximum Gasteiger partial charge on any atom is 0.193 e. The Hall–Kier alpha value is -2.48. The predicted octanol–water partition coefficient (Wildman–Crippen LogP) is 5.66. The lowest BCUT2D eigenvalue weighted by Gasteiger charge is -2.19. The second kappa shape index (κ2) is 9.28. The summed E-state index contributed by atoms with van der Waals surface area (Å²) < 4.78 is 0. The van der Waals surface area contributed by atoms with Crippen LogP contribution in [0.3, 0.4) is 0 Å². The molecule has 0 bridgehead atoms. The fourth-order valence-corrected chi connectivity index (χ4v) is 3.03. The summed E-state index contributed by atoms with van der Waals surface area (Å²) in [5, 5.41) is 0. The van der Waals surface area contributed by atoms with Gasteiger partial charge in [0.05, 0.1) is 0 Å². The maximum atomic E-state index is 12.4. The van der Waals surface area contributed by atoms with E-state index in [-0.39, 0.29) is 17.5 Å². The summed E-state index contributed by atoms with van der Waals surface area (Å²) in [5.74, 6) is 0.699. The second-order valence-corrected chi connectivity index (χ2v) is 7.22. The van der Waals surface area contributed by atoms with Crippen molar-refractivity contribution >= 4 is 11.6 Å². The molecular weight excluding hydrogens is 320 g/mol. The van der Waals surface area contributed by atoms with E-state index in [9.17, 15) is 9.59 Å². The largest absolute Gasteiger partial charge is 0.300 e. The van der Waals surface area contributed by atoms with Gasteiger partial charge in [0.15, 0.2) is 5.78 Å². The van der Waals surface area contributed by atoms with Crippen LogP contribution in [0.1, 0.15) is 55.1 Å². The topological polar surface area (TPSA) is 34.1 Å². The van der Waals surface area contributed by atoms with E-state index in [1.54, 1.807) is 6.92 Å². The summed E-state index contributed by atoms with van der Waals surface area (Å²) in [6.07, 6.45) is 2.53. The maximum absolute atomic E-state index is 12.4. The van der Waals surface area contributed by atoms with Gasteiger partial charge in [0.1, 0.15) is 5.78 Å². The Labute approximate surface area is 157 Å². The lowest BCUT2D eigenvalue weighted by Crippen LogP contribution is -2.16. The molecule has 0 aliphatic rings. The Morgan fingerprint density at radius 3 is 2.04 bits per heavy atom. The molecular formula is C24H28O2. The van der Waals surface area contributed by atoms with Gasteiger partial charge in [-0.25, -0.2) is 0 Å². The number of carbonyl (C=O) groups is 2. The third-order valence-electron chi connectivity index (χ3n) is 5.09. The van der Waals surface area contributed by atoms with Crippen molar-refractivity contribution in [3.63, 3.8) is 0 Å². The standard InChI is InChI=1S/C24H28O2/c1-17(2)18(3)16-23(19(4)25)15-12-20-10-13-22(14-11-20)24(26)21-8-6-5-7-9-21/h5-11,13-14,18,23H,1,12,15-16H2,2-4H3. The summed E-state index contributed by atoms with van der Waals surface area (Å²) in [4.78, 5) is 24.4. The van der Waals surface area contributed by atoms with Crippen LogP contribution in [0.15, 0.2) is 66.7 Å². The minimum absolute atomic E-state index is 0.0362. The number of Topliss-reactive ketones (excluding diaryl/α,β-unsaturated/α-hetero) is 1. The van der Waals surface area contributed by atoms with Crippen molar-refractivity contribution in [2.24, 2.45) is 11.8 Å². The molecule has 0 heterocycles. The third kappa shape index (κ3) is 5.52. The lowest BCUT2D eigenvalue weighted by atomic mass is 9.85. The zero-order valence-corrected chi connectivity index (χ0v) is 16.0. The molecule has 2 heteroatoms. The molecule has 2 unspecified atom stereocenters. The van der Waals surface area contributed by atoms with Crippen LogP contribution >= 0.6 is 0 Å². The molecule has 2 aromatic rings. The quantitative estimate of drug-likeness (QED) is 0.433. The number of benzene rings is 2. The van der Waals surface area contributed by atoms with Gasteiger partial charge in [0.25, 0.3) is 0 Å². The Kier molecular flexibility index (Phi) is 7.08. The monoisotopic (exact) mass is 348 g/mol. The second-order valence-electron chi connectivity index (χ2n) is 7.22. The molecule has 0 fully saturated rings. The van der Waals surface area contributed by atoms with Crippen LogP contribution in [0.5, 0.6) is 0 Å². The molecule has 2 aromatic carbocycles. The van der Waals surface area contributed by atoms with Crippen LogP contribution in [-0.2, 0) is 11.2 Å². The van der Waals surface area contributed by atoms with Crippen LogP contribution in [0, 0.1) is 11.8 Å². The van der Waals surface area contributed by atoms with E-state index >= 15 is 0 Å². The Balaban J connectivity index is 1.99. The first-order valence-electron chi connectivity index (χ1n) is 9.23. The molecule has 0 aliphatic heterocycles. The average molecular weight is 348 g/mol. The van der Waals surface area contributed by atoms with E-state index in [0.717, 1.165) is 30.4 Å². The molecule has 0 saturated carbocycles. The smallest absolute Gasteiger partial charge is 0.193 e. The fraction of sp³-hybridized carbons (Fsp3) is 0.333. The first-order valence-corrected chi connectivity index (χ1v) is 9.23. The van der Waals surface area contributed by atoms with Gasteiger partial charge >= 0.3 is 0 Å². The first kappa shape index (κ1) is 19.8. The summed E-state index contributed by atoms with van der Waals surface area (Å²) in [6.45, 7) is 9.82. The molecule has 0 N–H and O–H groups in total. The number of rotatable bonds is 9. The van der Waals surface area contributed by atoms with Gasteiger partial charge < -0.3 is 0 Å². The highest BCUT2D eigenvalue weighted by atomic mass is 16.1. The van der Waals surface area contributed by atoms with E-state index < -0.39 is 0 Å². The summed E-state index contributed by atoms with van der Waals surface area (Å²) in [5.41, 5.74) is 3.67. The van der Waals surface area contributed by atoms with Crippen molar-refractivity contribution in [3.8, 4) is 0 Å². The normalized spacial score (nSPS) is 13.0. The van der Waals surface area contributed by atoms with E-state index in [4.69, 9.17) is 0 Å². The molecule has 0 saturated heterocycles. The lowest BCUT2D eigenvalue weighted by molar-refractivity contribution is -0.121. The van der Waals surface area contributed by atoms with Crippen molar-refractivity contribution in [1.82, 2.24) is 0 Å². The van der Waals surface area contributed by atoms with Crippen LogP contribution in [0.25, 0.3) is 0 Å². The number of carbonyl (C=O) groups excluding carboxylic acids is 2. The van der Waals surface area contributed by atoms with Gasteiger partial charge in [-0.3, -0.25) is 9.59 Å². The molecule has 0 spiro atoms. The van der Waals surface area contributed by atoms with Crippen LogP contribution in [0.2, 0.25) is 0 Å². The van der Waals surface area contributed by atoms with E-state index in [2.05, 4.69) is 13.5 Å². The molecule has 0 aromatic heterocycles. The molecule has 0 radical (unpaired) electrons. The first-order chi connectivity index (χ1) is 12.4. The van der Waals surface area contributed by atoms with E-state index in [1.165, 1.54) is 0 Å². The molecule has 0 amide bonds. The van der Waals surface area contributed by atoms with Crippen molar-refractivity contribution in [3.05, 3.63) is 83.4 Å². The highest BCUT2D eigenvalue weighted by Gasteiger charge is 2.18. The van der Waals surface area contributed by atoms with Gasteiger partial charge in [-0.2, -0.15) is 0 Å².